The standard InChI is InChI=1S/C33H25Br2N3O5S/c1-43-28-15-12-23(35)16-21(28)17-27(37-31(40)20-6-3-2-4-7-20)32(41)36-24-8-5-9-26(18-24)44-29-19-30(39)38(33(29)42)25-13-10-22(34)11-14-25/h2-18,29H,19H2,1H3,(H,36,41)(H,37,40)/b27-17-/t29-/m1/s1. The number of carbonyl (C=O) groups excluding carboxylic acids is 4. The molecule has 222 valence electrons. The number of rotatable bonds is 9. The van der Waals surface area contributed by atoms with E-state index in [1.807, 2.05) is 6.07 Å². The molecule has 0 bridgehead atoms. The van der Waals surface area contributed by atoms with E-state index in [1.165, 1.54) is 29.8 Å². The summed E-state index contributed by atoms with van der Waals surface area (Å²) in [5.74, 6) is -1.07. The minimum Gasteiger partial charge on any atom is -0.496 e. The van der Waals surface area contributed by atoms with Gasteiger partial charge in [-0.2, -0.15) is 0 Å². The first-order valence-corrected chi connectivity index (χ1v) is 15.8. The van der Waals surface area contributed by atoms with E-state index in [-0.39, 0.29) is 23.9 Å². The lowest BCUT2D eigenvalue weighted by atomic mass is 10.1. The topological polar surface area (TPSA) is 105 Å². The van der Waals surface area contributed by atoms with Gasteiger partial charge in [0.15, 0.2) is 0 Å². The highest BCUT2D eigenvalue weighted by Gasteiger charge is 2.40. The van der Waals surface area contributed by atoms with E-state index in [1.54, 1.807) is 91.0 Å². The zero-order chi connectivity index (χ0) is 31.2. The minimum atomic E-state index is -0.610. The minimum absolute atomic E-state index is 0.00461. The molecule has 1 aliphatic rings. The van der Waals surface area contributed by atoms with Crippen molar-refractivity contribution in [1.29, 1.82) is 0 Å². The molecule has 4 aromatic rings. The quantitative estimate of drug-likeness (QED) is 0.141. The maximum atomic E-state index is 13.6. The summed E-state index contributed by atoms with van der Waals surface area (Å²) in [6.45, 7) is 0. The van der Waals surface area contributed by atoms with E-state index < -0.39 is 17.1 Å². The second-order valence-electron chi connectivity index (χ2n) is 9.60. The van der Waals surface area contributed by atoms with Crippen LogP contribution in [0.2, 0.25) is 0 Å². The smallest absolute Gasteiger partial charge is 0.272 e. The molecular weight excluding hydrogens is 710 g/mol. The van der Waals surface area contributed by atoms with Crippen LogP contribution in [-0.2, 0) is 14.4 Å². The van der Waals surface area contributed by atoms with Gasteiger partial charge in [-0.15, -0.1) is 11.8 Å². The Balaban J connectivity index is 1.36. The molecule has 4 amide bonds. The highest BCUT2D eigenvalue weighted by atomic mass is 79.9. The van der Waals surface area contributed by atoms with Crippen LogP contribution in [0.3, 0.4) is 0 Å². The number of methoxy groups -OCH3 is 1. The Morgan fingerprint density at radius 3 is 2.36 bits per heavy atom. The van der Waals surface area contributed by atoms with Gasteiger partial charge in [-0.25, -0.2) is 4.90 Å². The van der Waals surface area contributed by atoms with Gasteiger partial charge in [-0.3, -0.25) is 19.2 Å². The second-order valence-corrected chi connectivity index (χ2v) is 12.7. The first kappa shape index (κ1) is 31.2. The van der Waals surface area contributed by atoms with Crippen molar-refractivity contribution in [1.82, 2.24) is 5.32 Å². The summed E-state index contributed by atoms with van der Waals surface area (Å²) in [5.41, 5.74) is 1.92. The Kier molecular flexibility index (Phi) is 9.99. The maximum absolute atomic E-state index is 13.6. The van der Waals surface area contributed by atoms with Gasteiger partial charge in [0.05, 0.1) is 18.0 Å². The SMILES string of the molecule is COc1ccc(Br)cc1/C=C(\NC(=O)c1ccccc1)C(=O)Nc1cccc(S[C@@H]2CC(=O)N(c3ccc(Br)cc3)C2=O)c1. The predicted octanol–water partition coefficient (Wildman–Crippen LogP) is 7.05. The number of anilines is 2. The number of halogens is 2. The molecule has 0 aliphatic carbocycles. The van der Waals surface area contributed by atoms with Gasteiger partial charge in [-0.1, -0.05) is 56.1 Å². The molecule has 11 heteroatoms. The fraction of sp³-hybridized carbons (Fsp3) is 0.0909. The van der Waals surface area contributed by atoms with Gasteiger partial charge in [0, 0.05) is 37.1 Å². The fourth-order valence-corrected chi connectivity index (χ4v) is 6.24. The molecule has 0 spiro atoms. The zero-order valence-electron chi connectivity index (χ0n) is 23.3. The molecule has 0 radical (unpaired) electrons. The van der Waals surface area contributed by atoms with E-state index in [2.05, 4.69) is 42.5 Å². The lowest BCUT2D eigenvalue weighted by molar-refractivity contribution is -0.121. The summed E-state index contributed by atoms with van der Waals surface area (Å²) in [5, 5.41) is 4.96. The van der Waals surface area contributed by atoms with E-state index in [4.69, 9.17) is 4.74 Å². The highest BCUT2D eigenvalue weighted by Crippen LogP contribution is 2.35. The molecule has 8 nitrogen and oxygen atoms in total. The van der Waals surface area contributed by atoms with Crippen LogP contribution in [-0.4, -0.2) is 36.0 Å². The van der Waals surface area contributed by atoms with Crippen LogP contribution in [0.4, 0.5) is 11.4 Å². The number of nitrogens with one attached hydrogen (secondary N) is 2. The average Bonchev–Trinajstić information content (AvgIpc) is 3.29. The molecule has 5 rings (SSSR count). The van der Waals surface area contributed by atoms with Crippen LogP contribution >= 0.6 is 43.6 Å². The van der Waals surface area contributed by atoms with E-state index >= 15 is 0 Å². The number of hydrogen-bond donors (Lipinski definition) is 2. The summed E-state index contributed by atoms with van der Waals surface area (Å²) in [4.78, 5) is 54.4. The van der Waals surface area contributed by atoms with Crippen LogP contribution < -0.4 is 20.3 Å². The predicted molar refractivity (Wildman–Crippen MR) is 179 cm³/mol. The van der Waals surface area contributed by atoms with Crippen molar-refractivity contribution in [3.63, 3.8) is 0 Å². The third-order valence-corrected chi connectivity index (χ3v) is 8.78. The summed E-state index contributed by atoms with van der Waals surface area (Å²) in [7, 11) is 1.52. The van der Waals surface area contributed by atoms with Crippen LogP contribution in [0.1, 0.15) is 22.3 Å². The number of amides is 4. The molecule has 0 unspecified atom stereocenters. The van der Waals surface area contributed by atoms with Crippen molar-refractivity contribution in [2.45, 2.75) is 16.6 Å². The van der Waals surface area contributed by atoms with Gasteiger partial charge in [0.25, 0.3) is 11.8 Å². The van der Waals surface area contributed by atoms with Crippen LogP contribution in [0, 0.1) is 0 Å². The molecule has 1 saturated heterocycles. The number of nitrogens with zero attached hydrogens (tertiary/aromatic N) is 1. The van der Waals surface area contributed by atoms with Crippen molar-refractivity contribution < 1.29 is 23.9 Å². The van der Waals surface area contributed by atoms with Crippen LogP contribution in [0.25, 0.3) is 6.08 Å². The van der Waals surface area contributed by atoms with Crippen LogP contribution in [0.15, 0.2) is 117 Å². The molecule has 4 aromatic carbocycles. The third-order valence-electron chi connectivity index (χ3n) is 6.58. The maximum Gasteiger partial charge on any atom is 0.272 e. The molecule has 0 aromatic heterocycles. The lowest BCUT2D eigenvalue weighted by Gasteiger charge is -2.15. The Hall–Kier alpha value is -4.19. The van der Waals surface area contributed by atoms with Gasteiger partial charge in [0.1, 0.15) is 11.4 Å². The summed E-state index contributed by atoms with van der Waals surface area (Å²) in [6, 6.07) is 27.9. The van der Waals surface area contributed by atoms with Gasteiger partial charge in [-0.05, 0) is 78.9 Å². The number of benzene rings is 4. The largest absolute Gasteiger partial charge is 0.496 e. The van der Waals surface area contributed by atoms with Crippen molar-refractivity contribution in [2.75, 3.05) is 17.3 Å². The molecule has 2 N–H and O–H groups in total. The number of ether oxygens (including phenoxy) is 1. The van der Waals surface area contributed by atoms with Crippen molar-refractivity contribution in [2.24, 2.45) is 0 Å². The van der Waals surface area contributed by atoms with Crippen molar-refractivity contribution >= 4 is 84.7 Å². The van der Waals surface area contributed by atoms with Gasteiger partial charge >= 0.3 is 0 Å². The summed E-state index contributed by atoms with van der Waals surface area (Å²) >= 11 is 8.06. The number of imide groups is 1. The van der Waals surface area contributed by atoms with E-state index in [9.17, 15) is 19.2 Å². The van der Waals surface area contributed by atoms with E-state index in [0.717, 1.165) is 8.95 Å². The normalized spacial score (nSPS) is 14.8. The van der Waals surface area contributed by atoms with Gasteiger partial charge in [0.2, 0.25) is 11.8 Å². The summed E-state index contributed by atoms with van der Waals surface area (Å²) in [6.07, 6.45) is 1.60. The first-order chi connectivity index (χ1) is 21.2. The number of thioether (sulfide) groups is 1. The molecule has 44 heavy (non-hydrogen) atoms. The Morgan fingerprint density at radius 1 is 0.909 bits per heavy atom. The van der Waals surface area contributed by atoms with Crippen molar-refractivity contribution in [3.8, 4) is 5.75 Å². The van der Waals surface area contributed by atoms with Crippen molar-refractivity contribution in [3.05, 3.63) is 123 Å². The molecular formula is C33H25Br2N3O5S. The number of hydrogen-bond acceptors (Lipinski definition) is 6. The Bertz CT molecular complexity index is 1760. The number of carbonyl (C=O) groups is 4. The molecule has 0 saturated carbocycles. The molecule has 1 aliphatic heterocycles. The monoisotopic (exact) mass is 733 g/mol. The second kappa shape index (κ2) is 14.1. The fourth-order valence-electron chi connectivity index (χ4n) is 4.48. The van der Waals surface area contributed by atoms with Gasteiger partial charge < -0.3 is 15.4 Å². The highest BCUT2D eigenvalue weighted by molar-refractivity contribution is 9.10. The average molecular weight is 735 g/mol. The third kappa shape index (κ3) is 7.47. The molecule has 1 atom stereocenters. The first-order valence-electron chi connectivity index (χ1n) is 13.3. The Morgan fingerprint density at radius 2 is 1.64 bits per heavy atom. The molecule has 1 fully saturated rings. The van der Waals surface area contributed by atoms with E-state index in [0.29, 0.717) is 33.1 Å². The molecule has 1 heterocycles. The Labute approximate surface area is 275 Å². The zero-order valence-corrected chi connectivity index (χ0v) is 27.2. The lowest BCUT2D eigenvalue weighted by Crippen LogP contribution is -2.31. The van der Waals surface area contributed by atoms with Crippen LogP contribution in [0.5, 0.6) is 5.75 Å². The summed E-state index contributed by atoms with van der Waals surface area (Å²) < 4.78 is 7.07.